The van der Waals surface area contributed by atoms with E-state index in [9.17, 15) is 14.7 Å². The van der Waals surface area contributed by atoms with Crippen LogP contribution in [0.3, 0.4) is 0 Å². The maximum absolute atomic E-state index is 11.9. The largest absolute Gasteiger partial charge is 0.450 e. The van der Waals surface area contributed by atoms with E-state index in [-0.39, 0.29) is 12.5 Å². The van der Waals surface area contributed by atoms with E-state index in [0.29, 0.717) is 6.04 Å². The molecular weight excluding hydrogens is 404 g/mol. The van der Waals surface area contributed by atoms with Crippen molar-refractivity contribution >= 4 is 37.7 Å². The summed E-state index contributed by atoms with van der Waals surface area (Å²) in [7, 11) is -5.14. The van der Waals surface area contributed by atoms with E-state index >= 15 is 0 Å². The second-order valence-corrected chi connectivity index (χ2v) is 18.8. The van der Waals surface area contributed by atoms with E-state index in [1.54, 1.807) is 0 Å². The molecule has 8 nitrogen and oxygen atoms in total. The molecule has 1 rings (SSSR count). The fourth-order valence-electron chi connectivity index (χ4n) is 3.21. The molecule has 2 N–H and O–H groups in total. The Morgan fingerprint density at radius 3 is 2.30 bits per heavy atom. The van der Waals surface area contributed by atoms with E-state index in [4.69, 9.17) is 22.8 Å². The second kappa shape index (κ2) is 9.87. The Morgan fingerprint density at radius 2 is 1.81 bits per heavy atom. The molecule has 1 heterocycles. The van der Waals surface area contributed by atoms with Crippen molar-refractivity contribution in [2.24, 2.45) is 5.92 Å². The lowest BCUT2D eigenvalue weighted by Gasteiger charge is -2.37. The molecular formula is C16H33O8Si3. The zero-order valence-corrected chi connectivity index (χ0v) is 20.3. The predicted molar refractivity (Wildman–Crippen MR) is 106 cm³/mol. The monoisotopic (exact) mass is 437 g/mol. The molecule has 11 heteroatoms. The van der Waals surface area contributed by atoms with Crippen LogP contribution in [0.2, 0.25) is 45.3 Å². The summed E-state index contributed by atoms with van der Waals surface area (Å²) in [4.78, 5) is 23.4. The zero-order valence-electron chi connectivity index (χ0n) is 17.3. The summed E-state index contributed by atoms with van der Waals surface area (Å²) in [5, 5.41) is 18.8. The predicted octanol–water partition coefficient (Wildman–Crippen LogP) is 1.05. The Morgan fingerprint density at radius 1 is 1.22 bits per heavy atom. The Hall–Kier alpha value is -0.409. The zero-order chi connectivity index (χ0) is 21.0. The van der Waals surface area contributed by atoms with E-state index < -0.39 is 62.6 Å². The highest BCUT2D eigenvalue weighted by molar-refractivity contribution is 6.84. The maximum atomic E-state index is 11.9. The molecule has 5 unspecified atom stereocenters. The topological polar surface area (TPSA) is 112 Å². The number of carbonyl (C=O) groups is 2. The highest BCUT2D eigenvalue weighted by atomic mass is 28.5. The van der Waals surface area contributed by atoms with Crippen molar-refractivity contribution in [3.8, 4) is 0 Å². The van der Waals surface area contributed by atoms with Gasteiger partial charge in [-0.25, -0.2) is 4.79 Å². The first-order chi connectivity index (χ1) is 12.3. The smallest absolute Gasteiger partial charge is 0.378 e. The van der Waals surface area contributed by atoms with Gasteiger partial charge in [0, 0.05) is 0 Å². The van der Waals surface area contributed by atoms with Crippen molar-refractivity contribution in [3.05, 3.63) is 0 Å². The molecule has 1 fully saturated rings. The molecule has 157 valence electrons. The minimum Gasteiger partial charge on any atom is -0.450 e. The van der Waals surface area contributed by atoms with Crippen LogP contribution in [0.1, 0.15) is 6.92 Å². The summed E-state index contributed by atoms with van der Waals surface area (Å²) < 4.78 is 23.1. The first kappa shape index (κ1) is 24.6. The number of carbonyl (C=O) groups excluding carboxylic acids is 2. The standard InChI is InChI=1S/C16H33O8Si3/c1-11(10-27(7,23-25(2)3)24-26(4,5)6)9-21-15-13(19)16(20)22-14(15)12(18)8-17/h11-12,14-15,17-18H,8-10H2,1-7H3. The van der Waals surface area contributed by atoms with E-state index in [0.717, 1.165) is 0 Å². The summed E-state index contributed by atoms with van der Waals surface area (Å²) in [6.07, 6.45) is -3.74. The fourth-order valence-corrected chi connectivity index (χ4v) is 14.4. The Kier molecular flexibility index (Phi) is 9.01. The van der Waals surface area contributed by atoms with Crippen LogP contribution in [-0.4, -0.2) is 79.4 Å². The molecule has 0 amide bonds. The SMILES string of the molecule is CC(COC1C(=O)C(=O)OC1C(O)CO)C[Si](C)(O[Si](C)C)O[Si](C)(C)C. The van der Waals surface area contributed by atoms with Gasteiger partial charge in [-0.1, -0.05) is 6.92 Å². The summed E-state index contributed by atoms with van der Waals surface area (Å²) in [6, 6.07) is 0.691. The molecule has 0 aliphatic carbocycles. The number of cyclic esters (lactones) is 1. The van der Waals surface area contributed by atoms with Crippen molar-refractivity contribution in [2.75, 3.05) is 13.2 Å². The highest BCUT2D eigenvalue weighted by Crippen LogP contribution is 2.26. The first-order valence-corrected chi connectivity index (χ1v) is 17.5. The van der Waals surface area contributed by atoms with Crippen molar-refractivity contribution in [2.45, 2.75) is 70.6 Å². The van der Waals surface area contributed by atoms with Gasteiger partial charge in [0.15, 0.2) is 29.6 Å². The lowest BCUT2D eigenvalue weighted by molar-refractivity contribution is -0.152. The van der Waals surface area contributed by atoms with Gasteiger partial charge in [-0.3, -0.25) is 4.79 Å². The van der Waals surface area contributed by atoms with Gasteiger partial charge in [0.2, 0.25) is 0 Å². The van der Waals surface area contributed by atoms with Gasteiger partial charge in [0.25, 0.3) is 5.78 Å². The minimum absolute atomic E-state index is 0.0230. The van der Waals surface area contributed by atoms with Crippen LogP contribution in [0, 0.1) is 5.92 Å². The maximum Gasteiger partial charge on any atom is 0.378 e. The van der Waals surface area contributed by atoms with Crippen molar-refractivity contribution < 1.29 is 37.5 Å². The number of esters is 1. The van der Waals surface area contributed by atoms with Crippen molar-refractivity contribution in [3.63, 3.8) is 0 Å². The van der Waals surface area contributed by atoms with Crippen molar-refractivity contribution in [1.29, 1.82) is 0 Å². The van der Waals surface area contributed by atoms with Crippen LogP contribution in [0.25, 0.3) is 0 Å². The molecule has 1 radical (unpaired) electrons. The summed E-state index contributed by atoms with van der Waals surface area (Å²) in [6.45, 7) is 14.1. The quantitative estimate of drug-likeness (QED) is 0.280. The molecule has 0 bridgehead atoms. The van der Waals surface area contributed by atoms with E-state index in [1.807, 2.05) is 6.92 Å². The number of aliphatic hydroxyl groups excluding tert-OH is 2. The van der Waals surface area contributed by atoms with Gasteiger partial charge >= 0.3 is 14.5 Å². The number of hydrogen-bond donors (Lipinski definition) is 2. The van der Waals surface area contributed by atoms with Crippen LogP contribution in [0.5, 0.6) is 0 Å². The molecule has 1 saturated heterocycles. The minimum atomic E-state index is -2.41. The number of rotatable bonds is 11. The molecule has 1 aliphatic heterocycles. The number of aliphatic hydroxyl groups is 2. The van der Waals surface area contributed by atoms with Crippen LogP contribution in [0.15, 0.2) is 0 Å². The lowest BCUT2D eigenvalue weighted by Crippen LogP contribution is -2.50. The van der Waals surface area contributed by atoms with Gasteiger partial charge in [-0.15, -0.1) is 0 Å². The third-order valence-corrected chi connectivity index (χ3v) is 12.8. The fraction of sp³-hybridized carbons (Fsp3) is 0.875. The van der Waals surface area contributed by atoms with Crippen LogP contribution in [-0.2, 0) is 27.3 Å². The molecule has 0 spiro atoms. The average Bonchev–Trinajstić information content (AvgIpc) is 2.76. The van der Waals surface area contributed by atoms with Gasteiger partial charge < -0.3 is 27.9 Å². The highest BCUT2D eigenvalue weighted by Gasteiger charge is 2.48. The lowest BCUT2D eigenvalue weighted by atomic mass is 10.1. The third kappa shape index (κ3) is 7.85. The molecule has 0 saturated carbocycles. The molecule has 0 aromatic carbocycles. The summed E-state index contributed by atoms with van der Waals surface area (Å²) in [5.41, 5.74) is 0. The molecule has 0 aromatic heterocycles. The van der Waals surface area contributed by atoms with Gasteiger partial charge in [0.05, 0.1) is 13.2 Å². The molecule has 27 heavy (non-hydrogen) atoms. The van der Waals surface area contributed by atoms with E-state index in [1.165, 1.54) is 0 Å². The Labute approximate surface area is 165 Å². The second-order valence-electron chi connectivity index (χ2n) is 8.41. The summed E-state index contributed by atoms with van der Waals surface area (Å²) in [5.74, 6) is -1.85. The van der Waals surface area contributed by atoms with Crippen LogP contribution in [0.4, 0.5) is 0 Å². The summed E-state index contributed by atoms with van der Waals surface area (Å²) >= 11 is 0. The molecule has 0 aromatic rings. The Balaban J connectivity index is 2.74. The van der Waals surface area contributed by atoms with E-state index in [2.05, 4.69) is 39.3 Å². The molecule has 1 aliphatic rings. The Bertz CT molecular complexity index is 524. The first-order valence-electron chi connectivity index (χ1n) is 9.12. The number of ether oxygens (including phenoxy) is 2. The van der Waals surface area contributed by atoms with Gasteiger partial charge in [0.1, 0.15) is 6.10 Å². The number of Topliss-reactive ketones (excluding diaryl/α,β-unsaturated/α-hetero) is 1. The normalized spacial score (nSPS) is 25.4. The third-order valence-electron chi connectivity index (χ3n) is 3.79. The van der Waals surface area contributed by atoms with Gasteiger partial charge in [-0.05, 0) is 51.2 Å². The molecule has 5 atom stereocenters. The average molecular weight is 438 g/mol. The van der Waals surface area contributed by atoms with Crippen LogP contribution < -0.4 is 0 Å². The number of ketones is 1. The van der Waals surface area contributed by atoms with Gasteiger partial charge in [-0.2, -0.15) is 0 Å². The number of hydrogen-bond acceptors (Lipinski definition) is 8. The van der Waals surface area contributed by atoms with Crippen LogP contribution >= 0.6 is 0 Å². The van der Waals surface area contributed by atoms with Crippen molar-refractivity contribution in [1.82, 2.24) is 0 Å².